The maximum Gasteiger partial charge on any atom is 0.410 e. The fourth-order valence-electron chi connectivity index (χ4n) is 1.76. The second-order valence-electron chi connectivity index (χ2n) is 5.26. The molecule has 1 fully saturated rings. The molecule has 5 nitrogen and oxygen atoms in total. The lowest BCUT2D eigenvalue weighted by Crippen LogP contribution is -2.36. The van der Waals surface area contributed by atoms with Crippen LogP contribution in [0.15, 0.2) is 0 Å². The molecule has 0 aromatic rings. The van der Waals surface area contributed by atoms with E-state index in [2.05, 4.69) is 0 Å². The molecule has 0 aromatic carbocycles. The van der Waals surface area contributed by atoms with Gasteiger partial charge in [0.2, 0.25) is 0 Å². The molecule has 2 N–H and O–H groups in total. The third-order valence-electron chi connectivity index (χ3n) is 2.52. The molecule has 1 heterocycles. The van der Waals surface area contributed by atoms with Crippen molar-refractivity contribution in [2.75, 3.05) is 26.8 Å². The van der Waals surface area contributed by atoms with Crippen LogP contribution in [0.1, 0.15) is 20.8 Å². The first-order valence-electron chi connectivity index (χ1n) is 5.56. The van der Waals surface area contributed by atoms with Crippen LogP contribution in [0, 0.1) is 5.92 Å². The van der Waals surface area contributed by atoms with Gasteiger partial charge in [-0.1, -0.05) is 0 Å². The van der Waals surface area contributed by atoms with Crippen LogP contribution in [0.5, 0.6) is 0 Å². The van der Waals surface area contributed by atoms with Gasteiger partial charge in [0.25, 0.3) is 0 Å². The minimum Gasteiger partial charge on any atom is -0.444 e. The first-order chi connectivity index (χ1) is 7.33. The van der Waals surface area contributed by atoms with Crippen molar-refractivity contribution in [2.24, 2.45) is 11.7 Å². The maximum absolute atomic E-state index is 11.8. The Bertz CT molecular complexity index is 250. The molecule has 1 aliphatic heterocycles. The lowest BCUT2D eigenvalue weighted by atomic mass is 10.1. The van der Waals surface area contributed by atoms with E-state index in [0.29, 0.717) is 19.7 Å². The molecule has 0 unspecified atom stereocenters. The smallest absolute Gasteiger partial charge is 0.410 e. The van der Waals surface area contributed by atoms with E-state index in [1.54, 1.807) is 12.0 Å². The van der Waals surface area contributed by atoms with Crippen molar-refractivity contribution < 1.29 is 14.3 Å². The zero-order valence-corrected chi connectivity index (χ0v) is 10.5. The molecule has 16 heavy (non-hydrogen) atoms. The Balaban J connectivity index is 2.48. The van der Waals surface area contributed by atoms with Gasteiger partial charge in [-0.25, -0.2) is 4.79 Å². The van der Waals surface area contributed by atoms with E-state index < -0.39 is 5.60 Å². The highest BCUT2D eigenvalue weighted by atomic mass is 16.6. The summed E-state index contributed by atoms with van der Waals surface area (Å²) in [4.78, 5) is 13.4. The lowest BCUT2D eigenvalue weighted by Gasteiger charge is -2.24. The highest BCUT2D eigenvalue weighted by molar-refractivity contribution is 5.68. The fourth-order valence-corrected chi connectivity index (χ4v) is 1.76. The lowest BCUT2D eigenvalue weighted by molar-refractivity contribution is 0.0279. The van der Waals surface area contributed by atoms with Gasteiger partial charge in [-0.15, -0.1) is 0 Å². The van der Waals surface area contributed by atoms with Gasteiger partial charge in [0.05, 0.1) is 6.61 Å². The summed E-state index contributed by atoms with van der Waals surface area (Å²) >= 11 is 0. The molecule has 0 radical (unpaired) electrons. The standard InChI is InChI=1S/C11H22N2O3/c1-11(2,3)16-10(14)13-5-8(7-15-4)9(12)6-13/h8-9H,5-7,12H2,1-4H3/t8-,9+/m0/s1. The monoisotopic (exact) mass is 230 g/mol. The Kier molecular flexibility index (Phi) is 4.15. The number of nitrogens with two attached hydrogens (primary N) is 1. The largest absolute Gasteiger partial charge is 0.444 e. The Hall–Kier alpha value is -0.810. The number of likely N-dealkylation sites (tertiary alicyclic amines) is 1. The Morgan fingerprint density at radius 1 is 1.44 bits per heavy atom. The fraction of sp³-hybridized carbons (Fsp3) is 0.909. The molecule has 0 bridgehead atoms. The minimum atomic E-state index is -0.458. The van der Waals surface area contributed by atoms with Crippen LogP contribution in [-0.2, 0) is 9.47 Å². The number of carbonyl (C=O) groups excluding carboxylic acids is 1. The van der Waals surface area contributed by atoms with Crippen molar-refractivity contribution in [2.45, 2.75) is 32.4 Å². The van der Waals surface area contributed by atoms with Crippen LogP contribution in [-0.4, -0.2) is 49.4 Å². The quantitative estimate of drug-likeness (QED) is 0.763. The third kappa shape index (κ3) is 3.64. The molecule has 1 amide bonds. The number of nitrogens with zero attached hydrogens (tertiary/aromatic N) is 1. The van der Waals surface area contributed by atoms with Crippen molar-refractivity contribution in [1.82, 2.24) is 4.90 Å². The van der Waals surface area contributed by atoms with Crippen LogP contribution in [0.2, 0.25) is 0 Å². The topological polar surface area (TPSA) is 64.8 Å². The van der Waals surface area contributed by atoms with Crippen LogP contribution in [0.3, 0.4) is 0 Å². The van der Waals surface area contributed by atoms with E-state index in [0.717, 1.165) is 0 Å². The predicted octanol–water partition coefficient (Wildman–Crippen LogP) is 0.827. The summed E-state index contributed by atoms with van der Waals surface area (Å²) in [6.07, 6.45) is -0.290. The highest BCUT2D eigenvalue weighted by Crippen LogP contribution is 2.18. The number of amides is 1. The van der Waals surface area contributed by atoms with Gasteiger partial charge in [0, 0.05) is 32.2 Å². The average molecular weight is 230 g/mol. The molecule has 94 valence electrons. The number of methoxy groups -OCH3 is 1. The molecule has 1 saturated heterocycles. The number of rotatable bonds is 2. The summed E-state index contributed by atoms with van der Waals surface area (Å²) in [7, 11) is 1.64. The molecule has 0 aliphatic carbocycles. The third-order valence-corrected chi connectivity index (χ3v) is 2.52. The Morgan fingerprint density at radius 2 is 2.06 bits per heavy atom. The second kappa shape index (κ2) is 5.01. The van der Waals surface area contributed by atoms with Gasteiger partial charge < -0.3 is 20.1 Å². The maximum atomic E-state index is 11.8. The number of ether oxygens (including phenoxy) is 2. The van der Waals surface area contributed by atoms with Crippen LogP contribution < -0.4 is 5.73 Å². The molecular weight excluding hydrogens is 208 g/mol. The predicted molar refractivity (Wildman–Crippen MR) is 61.1 cm³/mol. The Morgan fingerprint density at radius 3 is 2.56 bits per heavy atom. The van der Waals surface area contributed by atoms with Gasteiger partial charge in [0.15, 0.2) is 0 Å². The normalized spacial score (nSPS) is 25.9. The van der Waals surface area contributed by atoms with E-state index in [9.17, 15) is 4.79 Å². The van der Waals surface area contributed by atoms with Crippen molar-refractivity contribution in [3.8, 4) is 0 Å². The zero-order chi connectivity index (χ0) is 12.3. The van der Waals surface area contributed by atoms with Gasteiger partial charge in [-0.05, 0) is 20.8 Å². The Labute approximate surface area is 96.9 Å². The molecule has 0 spiro atoms. The second-order valence-corrected chi connectivity index (χ2v) is 5.26. The zero-order valence-electron chi connectivity index (χ0n) is 10.5. The van der Waals surface area contributed by atoms with Crippen molar-refractivity contribution in [3.05, 3.63) is 0 Å². The minimum absolute atomic E-state index is 0.0209. The molecule has 1 aliphatic rings. The molecule has 5 heteroatoms. The molecular formula is C11H22N2O3. The van der Waals surface area contributed by atoms with E-state index in [1.807, 2.05) is 20.8 Å². The summed E-state index contributed by atoms with van der Waals surface area (Å²) in [6, 6.07) is -0.0209. The number of carbonyl (C=O) groups is 1. The van der Waals surface area contributed by atoms with E-state index in [1.165, 1.54) is 0 Å². The number of hydrogen-bond donors (Lipinski definition) is 1. The molecule has 0 aromatic heterocycles. The summed E-state index contributed by atoms with van der Waals surface area (Å²) in [5.74, 6) is 0.206. The summed E-state index contributed by atoms with van der Waals surface area (Å²) in [5, 5.41) is 0. The molecule has 0 saturated carbocycles. The van der Waals surface area contributed by atoms with E-state index in [-0.39, 0.29) is 18.1 Å². The van der Waals surface area contributed by atoms with Gasteiger partial charge >= 0.3 is 6.09 Å². The van der Waals surface area contributed by atoms with Gasteiger partial charge in [-0.3, -0.25) is 0 Å². The van der Waals surface area contributed by atoms with Crippen molar-refractivity contribution in [1.29, 1.82) is 0 Å². The van der Waals surface area contributed by atoms with Crippen LogP contribution in [0.25, 0.3) is 0 Å². The van der Waals surface area contributed by atoms with Crippen LogP contribution in [0.4, 0.5) is 4.79 Å². The van der Waals surface area contributed by atoms with E-state index in [4.69, 9.17) is 15.2 Å². The van der Waals surface area contributed by atoms with Gasteiger partial charge in [0.1, 0.15) is 5.60 Å². The molecule has 2 atom stereocenters. The summed E-state index contributed by atoms with van der Waals surface area (Å²) in [6.45, 7) is 7.31. The van der Waals surface area contributed by atoms with Crippen molar-refractivity contribution in [3.63, 3.8) is 0 Å². The van der Waals surface area contributed by atoms with Crippen LogP contribution >= 0.6 is 0 Å². The summed E-state index contributed by atoms with van der Waals surface area (Å²) < 4.78 is 10.4. The van der Waals surface area contributed by atoms with E-state index >= 15 is 0 Å². The molecule has 1 rings (SSSR count). The number of hydrogen-bond acceptors (Lipinski definition) is 4. The average Bonchev–Trinajstić information content (AvgIpc) is 2.46. The summed E-state index contributed by atoms with van der Waals surface area (Å²) in [5.41, 5.74) is 5.47. The SMILES string of the molecule is COC[C@@H]1CN(C(=O)OC(C)(C)C)C[C@H]1N. The first kappa shape index (κ1) is 13.3. The van der Waals surface area contributed by atoms with Gasteiger partial charge in [-0.2, -0.15) is 0 Å². The van der Waals surface area contributed by atoms with Crippen molar-refractivity contribution >= 4 is 6.09 Å². The highest BCUT2D eigenvalue weighted by Gasteiger charge is 2.34. The first-order valence-corrected chi connectivity index (χ1v) is 5.56.